The fourth-order valence-electron chi connectivity index (χ4n) is 9.34. The van der Waals surface area contributed by atoms with E-state index < -0.39 is 74.2 Å². The zero-order valence-electron chi connectivity index (χ0n) is 46.6. The number of nitrogens with one attached hydrogen (secondary N) is 1. The molecule has 1 heterocycles. The van der Waals surface area contributed by atoms with Gasteiger partial charge < -0.3 is 50.5 Å². The summed E-state index contributed by atoms with van der Waals surface area (Å²) in [5, 5.41) is 76.0. The molecule has 426 valence electrons. The number of carbonyl (C=O) groups is 1. The Balaban J connectivity index is 2.22. The van der Waals surface area contributed by atoms with E-state index in [4.69, 9.17) is 9.47 Å². The largest absolute Gasteiger partial charge is 0.394 e. The summed E-state index contributed by atoms with van der Waals surface area (Å²) < 4.78 is 11.1. The van der Waals surface area contributed by atoms with Gasteiger partial charge in [0.05, 0.1) is 25.4 Å². The second-order valence-corrected chi connectivity index (χ2v) is 21.0. The number of carbonyl (C=O) groups excluding carboxylic acids is 1. The van der Waals surface area contributed by atoms with Gasteiger partial charge in [-0.1, -0.05) is 229 Å². The highest BCUT2D eigenvalue weighted by molar-refractivity contribution is 5.80. The van der Waals surface area contributed by atoms with Gasteiger partial charge in [0.1, 0.15) is 36.6 Å². The minimum Gasteiger partial charge on any atom is -0.394 e. The van der Waals surface area contributed by atoms with Crippen molar-refractivity contribution in [3.8, 4) is 0 Å². The van der Waals surface area contributed by atoms with Gasteiger partial charge in [-0.3, -0.25) is 4.79 Å². The molecular formula is C62H113NO10. The molecule has 1 amide bonds. The Kier molecular flexibility index (Phi) is 47.7. The molecule has 0 aliphatic carbocycles. The van der Waals surface area contributed by atoms with Crippen molar-refractivity contribution < 1.29 is 50.0 Å². The lowest BCUT2D eigenvalue weighted by Crippen LogP contribution is -2.60. The van der Waals surface area contributed by atoms with Crippen molar-refractivity contribution in [2.75, 3.05) is 13.2 Å². The van der Waals surface area contributed by atoms with Crippen molar-refractivity contribution >= 4 is 5.91 Å². The van der Waals surface area contributed by atoms with Gasteiger partial charge >= 0.3 is 0 Å². The summed E-state index contributed by atoms with van der Waals surface area (Å²) in [7, 11) is 0. The van der Waals surface area contributed by atoms with Gasteiger partial charge in [0.2, 0.25) is 5.91 Å². The van der Waals surface area contributed by atoms with Crippen molar-refractivity contribution in [1.29, 1.82) is 0 Å². The number of hydrogen-bond acceptors (Lipinski definition) is 10. The Hall–Kier alpha value is -2.19. The molecule has 9 atom stereocenters. The maximum Gasteiger partial charge on any atom is 0.249 e. The molecule has 11 nitrogen and oxygen atoms in total. The molecule has 1 fully saturated rings. The molecule has 0 radical (unpaired) electrons. The van der Waals surface area contributed by atoms with E-state index in [9.17, 15) is 40.5 Å². The van der Waals surface area contributed by atoms with Crippen molar-refractivity contribution in [3.63, 3.8) is 0 Å². The van der Waals surface area contributed by atoms with Crippen LogP contribution in [0.5, 0.6) is 0 Å². The first-order valence-corrected chi connectivity index (χ1v) is 30.2. The van der Waals surface area contributed by atoms with Crippen LogP contribution < -0.4 is 5.32 Å². The molecule has 1 rings (SSSR count). The third-order valence-corrected chi connectivity index (χ3v) is 14.2. The highest BCUT2D eigenvalue weighted by Gasteiger charge is 2.44. The summed E-state index contributed by atoms with van der Waals surface area (Å²) in [4.78, 5) is 13.2. The van der Waals surface area contributed by atoms with Crippen LogP contribution in [0.15, 0.2) is 60.8 Å². The van der Waals surface area contributed by atoms with Crippen LogP contribution in [0.4, 0.5) is 0 Å². The van der Waals surface area contributed by atoms with E-state index in [0.717, 1.165) is 57.8 Å². The van der Waals surface area contributed by atoms with Crippen LogP contribution in [0.25, 0.3) is 0 Å². The highest BCUT2D eigenvalue weighted by atomic mass is 16.7. The number of amides is 1. The summed E-state index contributed by atoms with van der Waals surface area (Å²) in [5.74, 6) is -0.713. The topological polar surface area (TPSA) is 189 Å². The van der Waals surface area contributed by atoms with Gasteiger partial charge in [-0.05, 0) is 89.9 Å². The van der Waals surface area contributed by atoms with Gasteiger partial charge in [0, 0.05) is 0 Å². The summed E-state index contributed by atoms with van der Waals surface area (Å²) in [6.07, 6.45) is 54.4. The SMILES string of the molecule is CCC/C=C/CC/C=C/CC/C=C/CCCC(O)C(O)C(COC1OC(CO)C(O)C(O)C1O)NC(=O)C(O)CCCCCCCCCCCCCCCCCC/C=C\C/C=C\CCCCCCCCCCC. The molecule has 0 bridgehead atoms. The van der Waals surface area contributed by atoms with Crippen LogP contribution in [-0.2, 0) is 14.3 Å². The number of ether oxygens (including phenoxy) is 2. The number of hydrogen-bond donors (Lipinski definition) is 8. The molecule has 1 aliphatic rings. The molecule has 73 heavy (non-hydrogen) atoms. The zero-order chi connectivity index (χ0) is 53.3. The fourth-order valence-corrected chi connectivity index (χ4v) is 9.34. The van der Waals surface area contributed by atoms with E-state index in [0.29, 0.717) is 19.3 Å². The maximum atomic E-state index is 13.2. The van der Waals surface area contributed by atoms with E-state index >= 15 is 0 Å². The lowest BCUT2D eigenvalue weighted by atomic mass is 9.98. The third kappa shape index (κ3) is 38.9. The number of aliphatic hydroxyl groups excluding tert-OH is 7. The van der Waals surface area contributed by atoms with Crippen LogP contribution >= 0.6 is 0 Å². The Morgan fingerprint density at radius 3 is 1.36 bits per heavy atom. The van der Waals surface area contributed by atoms with Crippen LogP contribution in [0.1, 0.15) is 258 Å². The Bertz CT molecular complexity index is 1370. The summed E-state index contributed by atoms with van der Waals surface area (Å²) in [6, 6.07) is -1.20. The number of unbranched alkanes of at least 4 members (excludes halogenated alkanes) is 29. The van der Waals surface area contributed by atoms with E-state index in [2.05, 4.69) is 79.9 Å². The van der Waals surface area contributed by atoms with Crippen LogP contribution in [0.3, 0.4) is 0 Å². The van der Waals surface area contributed by atoms with Gasteiger partial charge in [0.15, 0.2) is 6.29 Å². The van der Waals surface area contributed by atoms with E-state index in [1.165, 1.54) is 154 Å². The van der Waals surface area contributed by atoms with Gasteiger partial charge in [-0.15, -0.1) is 0 Å². The van der Waals surface area contributed by atoms with E-state index in [-0.39, 0.29) is 12.8 Å². The minimum absolute atomic E-state index is 0.239. The average molecular weight is 1030 g/mol. The molecule has 0 aromatic carbocycles. The smallest absolute Gasteiger partial charge is 0.249 e. The minimum atomic E-state index is -1.67. The average Bonchev–Trinajstić information content (AvgIpc) is 3.39. The summed E-state index contributed by atoms with van der Waals surface area (Å²) in [6.45, 7) is 3.37. The molecule has 11 heteroatoms. The normalized spacial score (nSPS) is 20.4. The first-order valence-electron chi connectivity index (χ1n) is 30.2. The quantitative estimate of drug-likeness (QED) is 0.0215. The molecule has 0 spiro atoms. The van der Waals surface area contributed by atoms with Gasteiger partial charge in [0.25, 0.3) is 0 Å². The Morgan fingerprint density at radius 2 is 0.890 bits per heavy atom. The molecule has 1 saturated heterocycles. The Morgan fingerprint density at radius 1 is 0.479 bits per heavy atom. The van der Waals surface area contributed by atoms with Gasteiger partial charge in [-0.25, -0.2) is 0 Å². The molecular weight excluding hydrogens is 919 g/mol. The molecule has 1 aliphatic heterocycles. The standard InChI is InChI=1S/C62H113NO10/c1-3-5-7-9-11-13-15-17-19-20-21-22-23-24-25-26-27-28-29-30-31-32-33-34-35-36-38-40-42-44-46-48-50-55(66)61(71)63-53(52-72-62-60(70)59(69)58(68)56(51-64)73-62)57(67)54(65)49-47-45-43-41-39-37-18-16-14-12-10-8-6-4-2/h8,10,16,18,21-22,24-25,41,43,53-60,62,64-70H,3-7,9,11-15,17,19-20,23,26-40,42,44-52H2,1-2H3,(H,63,71)/b10-8+,18-16+,22-21-,25-24-,43-41+. The monoisotopic (exact) mass is 1030 g/mol. The van der Waals surface area contributed by atoms with E-state index in [1.807, 2.05) is 0 Å². The van der Waals surface area contributed by atoms with Crippen LogP contribution in [0, 0.1) is 0 Å². The van der Waals surface area contributed by atoms with Crippen molar-refractivity contribution in [3.05, 3.63) is 60.8 Å². The predicted octanol–water partition coefficient (Wildman–Crippen LogP) is 13.0. The molecule has 0 saturated carbocycles. The van der Waals surface area contributed by atoms with Crippen LogP contribution in [0.2, 0.25) is 0 Å². The first-order chi connectivity index (χ1) is 35.7. The zero-order valence-corrected chi connectivity index (χ0v) is 46.6. The third-order valence-electron chi connectivity index (χ3n) is 14.2. The van der Waals surface area contributed by atoms with Crippen molar-refractivity contribution in [2.24, 2.45) is 0 Å². The van der Waals surface area contributed by atoms with Crippen LogP contribution in [-0.4, -0.2) is 110 Å². The second kappa shape index (κ2) is 50.6. The van der Waals surface area contributed by atoms with E-state index in [1.54, 1.807) is 0 Å². The summed E-state index contributed by atoms with van der Waals surface area (Å²) in [5.41, 5.74) is 0. The lowest BCUT2D eigenvalue weighted by molar-refractivity contribution is -0.303. The molecule has 9 unspecified atom stereocenters. The summed E-state index contributed by atoms with van der Waals surface area (Å²) >= 11 is 0. The first kappa shape index (κ1) is 68.8. The Labute approximate surface area is 446 Å². The lowest BCUT2D eigenvalue weighted by Gasteiger charge is -2.40. The fraction of sp³-hybridized carbons (Fsp3) is 0.823. The second-order valence-electron chi connectivity index (χ2n) is 21.0. The van der Waals surface area contributed by atoms with Crippen molar-refractivity contribution in [1.82, 2.24) is 5.32 Å². The number of rotatable bonds is 51. The number of aliphatic hydroxyl groups is 7. The predicted molar refractivity (Wildman–Crippen MR) is 302 cm³/mol. The number of allylic oxidation sites excluding steroid dienone is 10. The molecule has 0 aromatic heterocycles. The molecule has 0 aromatic rings. The van der Waals surface area contributed by atoms with Gasteiger partial charge in [-0.2, -0.15) is 0 Å². The molecule has 8 N–H and O–H groups in total. The highest BCUT2D eigenvalue weighted by Crippen LogP contribution is 2.23. The van der Waals surface area contributed by atoms with Crippen molar-refractivity contribution in [2.45, 2.75) is 313 Å². The maximum absolute atomic E-state index is 13.2.